The van der Waals surface area contributed by atoms with Crippen molar-refractivity contribution in [1.82, 2.24) is 0 Å². The van der Waals surface area contributed by atoms with Crippen LogP contribution >= 0.6 is 0 Å². The van der Waals surface area contributed by atoms with E-state index in [-0.39, 0.29) is 0 Å². The smallest absolute Gasteiger partial charge is 0.120 e. The van der Waals surface area contributed by atoms with Gasteiger partial charge in [0.2, 0.25) is 0 Å². The molecule has 0 spiro atoms. The minimum atomic E-state index is 0.762. The molecule has 0 saturated carbocycles. The van der Waals surface area contributed by atoms with Crippen molar-refractivity contribution >= 4 is 11.4 Å². The summed E-state index contributed by atoms with van der Waals surface area (Å²) in [6.45, 7) is 2.87. The first-order valence-electron chi connectivity index (χ1n) is 6.30. The monoisotopic (exact) mass is 256 g/mol. The van der Waals surface area contributed by atoms with Crippen molar-refractivity contribution in [3.63, 3.8) is 0 Å². The third-order valence-corrected chi connectivity index (χ3v) is 3.24. The molecule has 3 heteroatoms. The molecule has 0 unspecified atom stereocenters. The highest BCUT2D eigenvalue weighted by atomic mass is 16.5. The molecule has 19 heavy (non-hydrogen) atoms. The molecule has 0 aliphatic carbocycles. The van der Waals surface area contributed by atoms with Crippen LogP contribution < -0.4 is 15.4 Å². The second kappa shape index (κ2) is 5.65. The van der Waals surface area contributed by atoms with Gasteiger partial charge in [0, 0.05) is 31.0 Å². The maximum absolute atomic E-state index is 6.04. The van der Waals surface area contributed by atoms with E-state index in [1.165, 1.54) is 11.3 Å². The number of nitrogens with two attached hydrogens (primary N) is 1. The average Bonchev–Trinajstić information content (AvgIpc) is 2.41. The summed E-state index contributed by atoms with van der Waals surface area (Å²) in [6.07, 6.45) is 0. The number of hydrogen-bond donors (Lipinski definition) is 1. The van der Waals surface area contributed by atoms with E-state index in [1.54, 1.807) is 7.11 Å². The van der Waals surface area contributed by atoms with Crippen molar-refractivity contribution < 1.29 is 4.74 Å². The lowest BCUT2D eigenvalue weighted by molar-refractivity contribution is 0.415. The number of anilines is 2. The van der Waals surface area contributed by atoms with Gasteiger partial charge in [-0.2, -0.15) is 0 Å². The Kier molecular flexibility index (Phi) is 3.95. The summed E-state index contributed by atoms with van der Waals surface area (Å²) >= 11 is 0. The minimum absolute atomic E-state index is 0.762. The Bertz CT molecular complexity index is 549. The Morgan fingerprint density at radius 2 is 1.79 bits per heavy atom. The van der Waals surface area contributed by atoms with E-state index < -0.39 is 0 Å². The zero-order valence-corrected chi connectivity index (χ0v) is 11.7. The summed E-state index contributed by atoms with van der Waals surface area (Å²) in [5.41, 5.74) is 10.4. The number of nitrogens with zero attached hydrogens (tertiary/aromatic N) is 1. The van der Waals surface area contributed by atoms with Gasteiger partial charge in [0.05, 0.1) is 7.11 Å². The van der Waals surface area contributed by atoms with Crippen molar-refractivity contribution in [1.29, 1.82) is 0 Å². The van der Waals surface area contributed by atoms with Crippen LogP contribution in [0.25, 0.3) is 0 Å². The molecule has 2 N–H and O–H groups in total. The maximum Gasteiger partial charge on any atom is 0.120 e. The number of hydrogen-bond acceptors (Lipinski definition) is 3. The Morgan fingerprint density at radius 3 is 2.37 bits per heavy atom. The summed E-state index contributed by atoms with van der Waals surface area (Å²) in [5, 5.41) is 0. The van der Waals surface area contributed by atoms with E-state index in [0.29, 0.717) is 0 Å². The Hall–Kier alpha value is -2.16. The number of ether oxygens (including phenoxy) is 1. The molecule has 0 aromatic heterocycles. The van der Waals surface area contributed by atoms with Gasteiger partial charge in [-0.3, -0.25) is 0 Å². The molecule has 3 nitrogen and oxygen atoms in total. The van der Waals surface area contributed by atoms with Gasteiger partial charge in [-0.1, -0.05) is 23.8 Å². The fourth-order valence-corrected chi connectivity index (χ4v) is 1.99. The van der Waals surface area contributed by atoms with Crippen LogP contribution in [0.3, 0.4) is 0 Å². The summed E-state index contributed by atoms with van der Waals surface area (Å²) in [6, 6.07) is 14.3. The van der Waals surface area contributed by atoms with Crippen molar-refractivity contribution in [3.8, 4) is 5.75 Å². The molecule has 0 amide bonds. The molecule has 0 aliphatic heterocycles. The molecule has 0 saturated heterocycles. The fraction of sp³-hybridized carbons (Fsp3) is 0.250. The standard InChI is InChI=1S/C16H20N2O/c1-12-4-7-14(8-5-12)18(2)11-13-6-9-15(19-3)10-16(13)17/h4-10H,11,17H2,1-3H3. The van der Waals surface area contributed by atoms with Crippen LogP contribution in [0.5, 0.6) is 5.75 Å². The highest BCUT2D eigenvalue weighted by molar-refractivity contribution is 5.54. The van der Waals surface area contributed by atoms with Gasteiger partial charge >= 0.3 is 0 Å². The number of aryl methyl sites for hydroxylation is 1. The number of benzene rings is 2. The average molecular weight is 256 g/mol. The summed E-state index contributed by atoms with van der Waals surface area (Å²) in [7, 11) is 3.71. The topological polar surface area (TPSA) is 38.5 Å². The molecule has 0 heterocycles. The normalized spacial score (nSPS) is 10.3. The van der Waals surface area contributed by atoms with Crippen molar-refractivity contribution in [2.75, 3.05) is 24.8 Å². The van der Waals surface area contributed by atoms with Crippen LogP contribution in [0.1, 0.15) is 11.1 Å². The molecule has 0 aliphatic rings. The van der Waals surface area contributed by atoms with Gasteiger partial charge in [0.1, 0.15) is 5.75 Å². The number of nitrogen functional groups attached to an aromatic ring is 1. The van der Waals surface area contributed by atoms with Gasteiger partial charge < -0.3 is 15.4 Å². The Morgan fingerprint density at radius 1 is 1.11 bits per heavy atom. The largest absolute Gasteiger partial charge is 0.497 e. The van der Waals surface area contributed by atoms with Crippen LogP contribution in [0.15, 0.2) is 42.5 Å². The molecule has 0 atom stereocenters. The predicted octanol–water partition coefficient (Wildman–Crippen LogP) is 3.22. The van der Waals surface area contributed by atoms with E-state index in [1.807, 2.05) is 18.2 Å². The summed E-state index contributed by atoms with van der Waals surface area (Å²) in [5.74, 6) is 0.791. The lowest BCUT2D eigenvalue weighted by atomic mass is 10.1. The lowest BCUT2D eigenvalue weighted by Crippen LogP contribution is -2.17. The lowest BCUT2D eigenvalue weighted by Gasteiger charge is -2.20. The molecular formula is C16H20N2O. The van der Waals surface area contributed by atoms with E-state index in [4.69, 9.17) is 10.5 Å². The van der Waals surface area contributed by atoms with Crippen molar-refractivity contribution in [3.05, 3.63) is 53.6 Å². The zero-order chi connectivity index (χ0) is 13.8. The van der Waals surface area contributed by atoms with Gasteiger partial charge in [0.25, 0.3) is 0 Å². The van der Waals surface area contributed by atoms with Gasteiger partial charge in [-0.25, -0.2) is 0 Å². The third kappa shape index (κ3) is 3.19. The highest BCUT2D eigenvalue weighted by Gasteiger charge is 2.06. The van der Waals surface area contributed by atoms with Crippen molar-refractivity contribution in [2.45, 2.75) is 13.5 Å². The number of rotatable bonds is 4. The van der Waals surface area contributed by atoms with E-state index in [9.17, 15) is 0 Å². The van der Waals surface area contributed by atoms with E-state index in [2.05, 4.69) is 43.1 Å². The van der Waals surface area contributed by atoms with Gasteiger partial charge in [-0.05, 0) is 30.7 Å². The molecule has 2 aromatic carbocycles. The van der Waals surface area contributed by atoms with Crippen LogP contribution in [-0.2, 0) is 6.54 Å². The number of methoxy groups -OCH3 is 1. The molecule has 100 valence electrons. The van der Waals surface area contributed by atoms with Crippen LogP contribution in [0.2, 0.25) is 0 Å². The summed E-state index contributed by atoms with van der Waals surface area (Å²) in [4.78, 5) is 2.18. The van der Waals surface area contributed by atoms with Crippen LogP contribution in [0.4, 0.5) is 11.4 Å². The first-order chi connectivity index (χ1) is 9.10. The second-order valence-electron chi connectivity index (χ2n) is 4.76. The zero-order valence-electron chi connectivity index (χ0n) is 11.7. The second-order valence-corrected chi connectivity index (χ2v) is 4.76. The van der Waals surface area contributed by atoms with Crippen LogP contribution in [0, 0.1) is 6.92 Å². The molecule has 0 bridgehead atoms. The molecular weight excluding hydrogens is 236 g/mol. The maximum atomic E-state index is 6.04. The fourth-order valence-electron chi connectivity index (χ4n) is 1.99. The first kappa shape index (κ1) is 13.3. The Labute approximate surface area is 114 Å². The van der Waals surface area contributed by atoms with Crippen molar-refractivity contribution in [2.24, 2.45) is 0 Å². The quantitative estimate of drug-likeness (QED) is 0.854. The highest BCUT2D eigenvalue weighted by Crippen LogP contribution is 2.23. The van der Waals surface area contributed by atoms with E-state index >= 15 is 0 Å². The molecule has 2 aromatic rings. The predicted molar refractivity (Wildman–Crippen MR) is 80.7 cm³/mol. The molecule has 0 fully saturated rings. The first-order valence-corrected chi connectivity index (χ1v) is 6.30. The van der Waals surface area contributed by atoms with Gasteiger partial charge in [0.15, 0.2) is 0 Å². The van der Waals surface area contributed by atoms with Crippen LogP contribution in [-0.4, -0.2) is 14.2 Å². The minimum Gasteiger partial charge on any atom is -0.497 e. The summed E-state index contributed by atoms with van der Waals surface area (Å²) < 4.78 is 5.16. The SMILES string of the molecule is COc1ccc(CN(C)c2ccc(C)cc2)c(N)c1. The Balaban J connectivity index is 2.14. The third-order valence-electron chi connectivity index (χ3n) is 3.24. The molecule has 0 radical (unpaired) electrons. The van der Waals surface area contributed by atoms with Gasteiger partial charge in [-0.15, -0.1) is 0 Å². The molecule has 2 rings (SSSR count). The van der Waals surface area contributed by atoms with E-state index in [0.717, 1.165) is 23.5 Å².